The summed E-state index contributed by atoms with van der Waals surface area (Å²) in [6.07, 6.45) is -12.3. The normalized spacial score (nSPS) is 13.3. The fourth-order valence-corrected chi connectivity index (χ4v) is 2.34. The highest BCUT2D eigenvalue weighted by molar-refractivity contribution is 5.81. The molecular weight excluding hydrogens is 370 g/mol. The van der Waals surface area contributed by atoms with Gasteiger partial charge in [-0.2, -0.15) is 13.2 Å². The smallest absolute Gasteiger partial charge is 0.479 e. The van der Waals surface area contributed by atoms with Crippen molar-refractivity contribution in [3.05, 3.63) is 53.6 Å². The minimum absolute atomic E-state index is 0.394. The summed E-state index contributed by atoms with van der Waals surface area (Å²) in [5.74, 6) is -2.60. The molecule has 4 nitrogen and oxygen atoms in total. The Labute approximate surface area is 142 Å². The third-order valence-electron chi connectivity index (χ3n) is 3.29. The average Bonchev–Trinajstić information content (AvgIpc) is 2.51. The number of carboxylic acids is 1. The second kappa shape index (κ2) is 6.87. The van der Waals surface area contributed by atoms with Crippen molar-refractivity contribution in [2.45, 2.75) is 18.6 Å². The van der Waals surface area contributed by atoms with Crippen molar-refractivity contribution in [3.8, 4) is 16.9 Å². The first-order valence-electron chi connectivity index (χ1n) is 6.87. The lowest BCUT2D eigenvalue weighted by atomic mass is 9.91. The van der Waals surface area contributed by atoms with E-state index < -0.39 is 52.6 Å². The zero-order valence-electron chi connectivity index (χ0n) is 12.6. The number of ether oxygens (including phenoxy) is 1. The minimum Gasteiger partial charge on any atom is -0.479 e. The number of aliphatic hydroxyl groups is 1. The molecule has 1 unspecified atom stereocenters. The Kier molecular flexibility index (Phi) is 5.17. The zero-order chi connectivity index (χ0) is 19.7. The van der Waals surface area contributed by atoms with Crippen molar-refractivity contribution in [1.29, 1.82) is 0 Å². The molecule has 0 saturated carbocycles. The molecular formula is C16H10F6O4. The monoisotopic (exact) mass is 380 g/mol. The molecule has 0 saturated heterocycles. The van der Waals surface area contributed by atoms with Gasteiger partial charge in [-0.25, -0.2) is 4.79 Å². The number of carbonyl (C=O) groups is 1. The molecule has 0 spiro atoms. The number of halogens is 6. The van der Waals surface area contributed by atoms with Crippen LogP contribution in [0.3, 0.4) is 0 Å². The van der Waals surface area contributed by atoms with Crippen molar-refractivity contribution >= 4 is 5.97 Å². The van der Waals surface area contributed by atoms with Gasteiger partial charge in [0.15, 0.2) is 6.10 Å². The number of hydrogen-bond donors (Lipinski definition) is 2. The van der Waals surface area contributed by atoms with Crippen LogP contribution in [0.15, 0.2) is 42.5 Å². The third-order valence-corrected chi connectivity index (χ3v) is 3.29. The Morgan fingerprint density at radius 3 is 2.15 bits per heavy atom. The molecule has 2 N–H and O–H groups in total. The molecule has 2 aromatic carbocycles. The van der Waals surface area contributed by atoms with E-state index in [1.54, 1.807) is 0 Å². The molecule has 0 aliphatic heterocycles. The lowest BCUT2D eigenvalue weighted by Crippen LogP contribution is -2.17. The van der Waals surface area contributed by atoms with E-state index in [0.717, 1.165) is 30.3 Å². The predicted octanol–water partition coefficient (Wildman–Crippen LogP) is 4.39. The van der Waals surface area contributed by atoms with Crippen molar-refractivity contribution in [3.63, 3.8) is 0 Å². The van der Waals surface area contributed by atoms with Gasteiger partial charge in [-0.15, -0.1) is 13.2 Å². The fraction of sp³-hybridized carbons (Fsp3) is 0.188. The van der Waals surface area contributed by atoms with Gasteiger partial charge in [0.2, 0.25) is 0 Å². The summed E-state index contributed by atoms with van der Waals surface area (Å²) in [6, 6.07) is 6.08. The molecule has 2 aromatic rings. The second-order valence-electron chi connectivity index (χ2n) is 5.08. The molecule has 0 aliphatic carbocycles. The van der Waals surface area contributed by atoms with Crippen LogP contribution in [0.1, 0.15) is 17.2 Å². The molecule has 0 fully saturated rings. The molecule has 0 aliphatic rings. The number of benzene rings is 2. The molecule has 0 aromatic heterocycles. The van der Waals surface area contributed by atoms with Gasteiger partial charge in [0.1, 0.15) is 5.75 Å². The SMILES string of the molecule is O=C(O)C(O)c1cccc(C(F)(F)F)c1-c1cccc(OC(F)(F)F)c1. The quantitative estimate of drug-likeness (QED) is 0.773. The first-order chi connectivity index (χ1) is 11.9. The predicted molar refractivity (Wildman–Crippen MR) is 76.2 cm³/mol. The summed E-state index contributed by atoms with van der Waals surface area (Å²) < 4.78 is 80.6. The Hall–Kier alpha value is -2.75. The van der Waals surface area contributed by atoms with E-state index in [-0.39, 0.29) is 0 Å². The maximum absolute atomic E-state index is 13.3. The van der Waals surface area contributed by atoms with Gasteiger partial charge in [0.25, 0.3) is 0 Å². The molecule has 1 atom stereocenters. The fourth-order valence-electron chi connectivity index (χ4n) is 2.34. The summed E-state index contributed by atoms with van der Waals surface area (Å²) in [7, 11) is 0. The summed E-state index contributed by atoms with van der Waals surface area (Å²) >= 11 is 0. The van der Waals surface area contributed by atoms with Gasteiger partial charge < -0.3 is 14.9 Å². The zero-order valence-corrected chi connectivity index (χ0v) is 12.6. The van der Waals surface area contributed by atoms with Crippen LogP contribution in [0.25, 0.3) is 11.1 Å². The number of hydrogen-bond acceptors (Lipinski definition) is 3. The van der Waals surface area contributed by atoms with Crippen LogP contribution in [0, 0.1) is 0 Å². The topological polar surface area (TPSA) is 66.8 Å². The van der Waals surface area contributed by atoms with Crippen LogP contribution in [-0.4, -0.2) is 22.5 Å². The largest absolute Gasteiger partial charge is 0.573 e. The highest BCUT2D eigenvalue weighted by Gasteiger charge is 2.37. The van der Waals surface area contributed by atoms with E-state index >= 15 is 0 Å². The lowest BCUT2D eigenvalue weighted by Gasteiger charge is -2.19. The molecule has 0 bridgehead atoms. The van der Waals surface area contributed by atoms with Crippen LogP contribution in [0.5, 0.6) is 5.75 Å². The van der Waals surface area contributed by atoms with Gasteiger partial charge in [-0.1, -0.05) is 24.3 Å². The highest BCUT2D eigenvalue weighted by Crippen LogP contribution is 2.42. The average molecular weight is 380 g/mol. The number of aliphatic carboxylic acids is 1. The van der Waals surface area contributed by atoms with Gasteiger partial charge in [0, 0.05) is 11.1 Å². The van der Waals surface area contributed by atoms with E-state index in [0.29, 0.717) is 12.1 Å². The molecule has 10 heteroatoms. The Morgan fingerprint density at radius 1 is 1.00 bits per heavy atom. The Morgan fingerprint density at radius 2 is 1.62 bits per heavy atom. The second-order valence-corrected chi connectivity index (χ2v) is 5.08. The lowest BCUT2D eigenvalue weighted by molar-refractivity contribution is -0.274. The van der Waals surface area contributed by atoms with Gasteiger partial charge in [-0.3, -0.25) is 0 Å². The summed E-state index contributed by atoms with van der Waals surface area (Å²) in [4.78, 5) is 11.0. The molecule has 0 radical (unpaired) electrons. The van der Waals surface area contributed by atoms with Crippen LogP contribution in [0.4, 0.5) is 26.3 Å². The van der Waals surface area contributed by atoms with Gasteiger partial charge in [-0.05, 0) is 23.8 Å². The van der Waals surface area contributed by atoms with Gasteiger partial charge >= 0.3 is 18.5 Å². The standard InChI is InChI=1S/C16H10F6O4/c17-15(18,19)11-6-2-5-10(13(23)14(24)25)12(11)8-3-1-4-9(7-8)26-16(20,21)22/h1-7,13,23H,(H,24,25). The number of carboxylic acid groups (broad SMARTS) is 1. The molecule has 0 heterocycles. The van der Waals surface area contributed by atoms with Crippen LogP contribution < -0.4 is 4.74 Å². The summed E-state index contributed by atoms with van der Waals surface area (Å²) in [5, 5.41) is 18.6. The number of aliphatic hydroxyl groups excluding tert-OH is 1. The van der Waals surface area contributed by atoms with Crippen molar-refractivity contribution < 1.29 is 46.1 Å². The van der Waals surface area contributed by atoms with Crippen LogP contribution >= 0.6 is 0 Å². The number of rotatable bonds is 4. The van der Waals surface area contributed by atoms with E-state index in [9.17, 15) is 36.2 Å². The van der Waals surface area contributed by atoms with E-state index in [2.05, 4.69) is 4.74 Å². The first-order valence-corrected chi connectivity index (χ1v) is 6.87. The molecule has 26 heavy (non-hydrogen) atoms. The van der Waals surface area contributed by atoms with Crippen molar-refractivity contribution in [1.82, 2.24) is 0 Å². The van der Waals surface area contributed by atoms with Crippen molar-refractivity contribution in [2.75, 3.05) is 0 Å². The maximum Gasteiger partial charge on any atom is 0.573 e. The minimum atomic E-state index is -5.06. The first kappa shape index (κ1) is 19.6. The van der Waals surface area contributed by atoms with E-state index in [1.807, 2.05) is 0 Å². The number of alkyl halides is 6. The Balaban J connectivity index is 2.71. The third kappa shape index (κ3) is 4.45. The van der Waals surface area contributed by atoms with Gasteiger partial charge in [0.05, 0.1) is 5.56 Å². The van der Waals surface area contributed by atoms with Crippen LogP contribution in [0.2, 0.25) is 0 Å². The van der Waals surface area contributed by atoms with Crippen LogP contribution in [-0.2, 0) is 11.0 Å². The Bertz CT molecular complexity index is 813. The summed E-state index contributed by atoms with van der Waals surface area (Å²) in [6.45, 7) is 0. The maximum atomic E-state index is 13.3. The van der Waals surface area contributed by atoms with E-state index in [1.165, 1.54) is 0 Å². The summed E-state index contributed by atoms with van der Waals surface area (Å²) in [5.41, 5.74) is -3.06. The highest BCUT2D eigenvalue weighted by atomic mass is 19.4. The molecule has 140 valence electrons. The molecule has 2 rings (SSSR count). The van der Waals surface area contributed by atoms with E-state index in [4.69, 9.17) is 5.11 Å². The molecule has 0 amide bonds. The van der Waals surface area contributed by atoms with Crippen molar-refractivity contribution in [2.24, 2.45) is 0 Å².